The predicted molar refractivity (Wildman–Crippen MR) is 33.2 cm³/mol. The Morgan fingerprint density at radius 3 is 2.80 bits per heavy atom. The van der Waals surface area contributed by atoms with Crippen LogP contribution in [0.15, 0.2) is 0 Å². The number of hydrogen-bond acceptors (Lipinski definition) is 3. The molecule has 1 saturated heterocycles. The Hall–Kier alpha value is -0.610. The van der Waals surface area contributed by atoms with E-state index in [1.54, 1.807) is 0 Å². The zero-order chi connectivity index (χ0) is 7.66. The lowest BCUT2D eigenvalue weighted by atomic mass is 10.5. The predicted octanol–water partition coefficient (Wildman–Crippen LogP) is -2.66. The number of carbonyl (C=O) groups excluding carboxylic acids is 1. The van der Waals surface area contributed by atoms with E-state index in [-0.39, 0.29) is 0 Å². The Bertz CT molecular complexity index is 57.7. The average molecular weight is 147 g/mol. The van der Waals surface area contributed by atoms with Crippen LogP contribution in [0.5, 0.6) is 0 Å². The van der Waals surface area contributed by atoms with Crippen LogP contribution in [0, 0.1) is 0 Å². The van der Waals surface area contributed by atoms with E-state index >= 15 is 0 Å². The van der Waals surface area contributed by atoms with Gasteiger partial charge in [0.2, 0.25) is 0 Å². The normalized spacial score (nSPS) is 18.0. The number of ether oxygens (including phenoxy) is 1. The molecule has 0 saturated carbocycles. The summed E-state index contributed by atoms with van der Waals surface area (Å²) in [5.74, 6) is 0. The fourth-order valence-electron chi connectivity index (χ4n) is 0.743. The van der Waals surface area contributed by atoms with E-state index in [0.29, 0.717) is 0 Å². The van der Waals surface area contributed by atoms with Crippen molar-refractivity contribution in [2.75, 3.05) is 26.3 Å². The van der Waals surface area contributed by atoms with Crippen molar-refractivity contribution in [3.63, 3.8) is 0 Å². The molecule has 0 aliphatic carbocycles. The van der Waals surface area contributed by atoms with Crippen molar-refractivity contribution < 1.29 is 20.0 Å². The van der Waals surface area contributed by atoms with Gasteiger partial charge in [0, 0.05) is 12.9 Å². The Morgan fingerprint density at radius 2 is 2.10 bits per heavy atom. The van der Waals surface area contributed by atoms with Gasteiger partial charge < -0.3 is 20.0 Å². The van der Waals surface area contributed by atoms with E-state index in [1.165, 1.54) is 13.0 Å². The van der Waals surface area contributed by atoms with Gasteiger partial charge in [-0.2, -0.15) is 0 Å². The highest BCUT2D eigenvalue weighted by Gasteiger charge is 1.96. The van der Waals surface area contributed by atoms with Crippen LogP contribution in [-0.4, -0.2) is 32.8 Å². The molecule has 0 bridgehead atoms. The summed E-state index contributed by atoms with van der Waals surface area (Å²) in [6.07, 6.45) is 1.22. The maximum atomic E-state index is 8.25. The lowest BCUT2D eigenvalue weighted by Gasteiger charge is -1.89. The molecule has 4 heteroatoms. The summed E-state index contributed by atoms with van der Waals surface area (Å²) >= 11 is 0. The quantitative estimate of drug-likeness (QED) is 0.380. The van der Waals surface area contributed by atoms with Gasteiger partial charge >= 0.3 is 0 Å². The largest absolute Gasteiger partial charge is 0.554 e. The molecule has 0 spiro atoms. The molecule has 10 heavy (non-hydrogen) atoms. The van der Waals surface area contributed by atoms with Gasteiger partial charge in [-0.25, -0.2) is 0 Å². The molecule has 0 aromatic carbocycles. The molecule has 1 rings (SSSR count). The van der Waals surface area contributed by atoms with E-state index in [4.69, 9.17) is 14.6 Å². The second kappa shape index (κ2) is 8.39. The lowest BCUT2D eigenvalue weighted by molar-refractivity contribution is -0.652. The third-order valence-electron chi connectivity index (χ3n) is 1.16. The van der Waals surface area contributed by atoms with Gasteiger partial charge in [0.1, 0.15) is 0 Å². The first-order valence-electron chi connectivity index (χ1n) is 3.37. The van der Waals surface area contributed by atoms with Crippen LogP contribution in [0.1, 0.15) is 6.42 Å². The van der Waals surface area contributed by atoms with Gasteiger partial charge in [0.25, 0.3) is 0 Å². The van der Waals surface area contributed by atoms with Crippen molar-refractivity contribution in [1.29, 1.82) is 0 Å². The van der Waals surface area contributed by atoms with Crippen LogP contribution in [0.2, 0.25) is 0 Å². The molecule has 4 nitrogen and oxygen atoms in total. The van der Waals surface area contributed by atoms with E-state index in [2.05, 4.69) is 5.32 Å². The van der Waals surface area contributed by atoms with E-state index in [9.17, 15) is 0 Å². The molecular weight excluding hydrogens is 134 g/mol. The minimum absolute atomic E-state index is 0.500. The molecule has 0 radical (unpaired) electrons. The minimum Gasteiger partial charge on any atom is -0.554 e. The zero-order valence-corrected chi connectivity index (χ0v) is 5.91. The van der Waals surface area contributed by atoms with Crippen molar-refractivity contribution in [2.45, 2.75) is 6.42 Å². The zero-order valence-electron chi connectivity index (χ0n) is 5.91. The van der Waals surface area contributed by atoms with E-state index in [0.717, 1.165) is 19.8 Å². The molecule has 1 heterocycles. The van der Waals surface area contributed by atoms with Gasteiger partial charge in [-0.1, -0.05) is 0 Å². The lowest BCUT2D eigenvalue weighted by Crippen LogP contribution is -2.84. The van der Waals surface area contributed by atoms with Crippen LogP contribution < -0.4 is 10.4 Å². The average Bonchev–Trinajstić information content (AvgIpc) is 2.17. The Balaban J connectivity index is 0.000000236. The molecule has 0 aromatic heterocycles. The third kappa shape index (κ3) is 7.39. The first-order valence-corrected chi connectivity index (χ1v) is 3.37. The number of quaternary nitrogens is 1. The second-order valence-electron chi connectivity index (χ2n) is 1.93. The molecular formula is C6H13NO3. The van der Waals surface area contributed by atoms with Crippen molar-refractivity contribution in [1.82, 2.24) is 0 Å². The number of hydrogen-bond donors (Lipinski definition) is 1. The summed E-state index contributed by atoms with van der Waals surface area (Å²) in [5, 5.41) is 10.5. The fourth-order valence-corrected chi connectivity index (χ4v) is 0.743. The van der Waals surface area contributed by atoms with Gasteiger partial charge in [0.05, 0.1) is 26.3 Å². The highest BCUT2D eigenvalue weighted by Crippen LogP contribution is 1.78. The minimum atomic E-state index is -0.500. The summed E-state index contributed by atoms with van der Waals surface area (Å²) in [7, 11) is 0. The summed E-state index contributed by atoms with van der Waals surface area (Å²) < 4.78 is 5.16. The molecule has 0 unspecified atom stereocenters. The highest BCUT2D eigenvalue weighted by molar-refractivity contribution is 5.29. The fraction of sp³-hybridized carbons (Fsp3) is 0.833. The third-order valence-corrected chi connectivity index (χ3v) is 1.16. The number of carboxylic acid groups (broad SMARTS) is 1. The molecule has 2 N–H and O–H groups in total. The Labute approximate surface area is 60.2 Å². The first-order chi connectivity index (χ1) is 4.91. The molecule has 0 aromatic rings. The number of rotatable bonds is 0. The summed E-state index contributed by atoms with van der Waals surface area (Å²) in [4.78, 5) is 8.25. The molecule has 1 aliphatic rings. The monoisotopic (exact) mass is 147 g/mol. The highest BCUT2D eigenvalue weighted by atomic mass is 16.5. The second-order valence-corrected chi connectivity index (χ2v) is 1.93. The van der Waals surface area contributed by atoms with E-state index in [1.807, 2.05) is 0 Å². The maximum absolute atomic E-state index is 8.25. The number of carbonyl (C=O) groups is 1. The van der Waals surface area contributed by atoms with Crippen molar-refractivity contribution in [2.24, 2.45) is 0 Å². The van der Waals surface area contributed by atoms with Gasteiger partial charge in [-0.3, -0.25) is 0 Å². The Kier molecular flexibility index (Phi) is 7.88. The van der Waals surface area contributed by atoms with Gasteiger partial charge in [-0.05, 0) is 0 Å². The first kappa shape index (κ1) is 9.39. The smallest absolute Gasteiger partial charge is 0.0993 e. The van der Waals surface area contributed by atoms with Crippen LogP contribution >= 0.6 is 0 Å². The van der Waals surface area contributed by atoms with Gasteiger partial charge in [0.15, 0.2) is 0 Å². The summed E-state index contributed by atoms with van der Waals surface area (Å²) in [6.45, 7) is 3.82. The van der Waals surface area contributed by atoms with E-state index < -0.39 is 6.47 Å². The molecule has 0 amide bonds. The summed E-state index contributed by atoms with van der Waals surface area (Å²) in [5.41, 5.74) is 0. The van der Waals surface area contributed by atoms with Crippen molar-refractivity contribution >= 4 is 6.47 Å². The molecule has 0 atom stereocenters. The van der Waals surface area contributed by atoms with Crippen LogP contribution in [0.3, 0.4) is 0 Å². The van der Waals surface area contributed by atoms with Crippen LogP contribution in [-0.2, 0) is 9.53 Å². The maximum Gasteiger partial charge on any atom is 0.0993 e. The van der Waals surface area contributed by atoms with Crippen LogP contribution in [0.25, 0.3) is 0 Å². The summed E-state index contributed by atoms with van der Waals surface area (Å²) in [6, 6.07) is 0. The van der Waals surface area contributed by atoms with Gasteiger partial charge in [-0.15, -0.1) is 0 Å². The molecule has 1 fully saturated rings. The topological polar surface area (TPSA) is 66.0 Å². The molecule has 60 valence electrons. The van der Waals surface area contributed by atoms with Crippen LogP contribution in [0.4, 0.5) is 0 Å². The van der Waals surface area contributed by atoms with Crippen molar-refractivity contribution in [3.05, 3.63) is 0 Å². The SMILES string of the molecule is C1C[NH2+]CCOC1.O=C[O-]. The standard InChI is InChI=1S/C5H11NO.CH2O2/c1-2-6-3-5-7-4-1;2-1-3/h6H,1-5H2;1H,(H,2,3). The molecule has 1 aliphatic heterocycles. The van der Waals surface area contributed by atoms with Crippen molar-refractivity contribution in [3.8, 4) is 0 Å². The number of nitrogens with two attached hydrogens (primary N) is 1. The Morgan fingerprint density at radius 1 is 1.40 bits per heavy atom.